The van der Waals surface area contributed by atoms with Gasteiger partial charge in [0.25, 0.3) is 10.0 Å². The Balaban J connectivity index is 1.12. The van der Waals surface area contributed by atoms with Crippen LogP contribution in [0.3, 0.4) is 0 Å². The average Bonchev–Trinajstić information content (AvgIpc) is 3.67. The van der Waals surface area contributed by atoms with E-state index in [0.29, 0.717) is 43.7 Å². The second-order valence-electron chi connectivity index (χ2n) is 11.3. The average molecular weight is 656 g/mol. The molecule has 46 heavy (non-hydrogen) atoms. The van der Waals surface area contributed by atoms with Crippen LogP contribution in [0.4, 0.5) is 18.0 Å². The molecule has 3 aliphatic rings. The Labute approximate surface area is 263 Å². The predicted octanol–water partition coefficient (Wildman–Crippen LogP) is 3.83. The summed E-state index contributed by atoms with van der Waals surface area (Å²) in [5.74, 6) is -0.212. The zero-order valence-corrected chi connectivity index (χ0v) is 25.7. The first kappa shape index (κ1) is 31.3. The fourth-order valence-corrected chi connectivity index (χ4v) is 7.15. The molecule has 1 fully saturated rings. The first-order valence-corrected chi connectivity index (χ1v) is 16.0. The van der Waals surface area contributed by atoms with E-state index in [-0.39, 0.29) is 17.0 Å². The van der Waals surface area contributed by atoms with Gasteiger partial charge in [0.15, 0.2) is 10.7 Å². The first-order valence-electron chi connectivity index (χ1n) is 14.6. The summed E-state index contributed by atoms with van der Waals surface area (Å²) in [5.41, 5.74) is 4.36. The smallest absolute Gasteiger partial charge is 0.345 e. The van der Waals surface area contributed by atoms with E-state index < -0.39 is 28.8 Å². The zero-order chi connectivity index (χ0) is 32.6. The van der Waals surface area contributed by atoms with Crippen LogP contribution in [0, 0.1) is 0 Å². The number of amides is 2. The molecule has 2 amide bonds. The largest absolute Gasteiger partial charge is 0.405 e. The van der Waals surface area contributed by atoms with Gasteiger partial charge in [0, 0.05) is 61.5 Å². The summed E-state index contributed by atoms with van der Waals surface area (Å²) in [6.45, 7) is 3.51. The maximum absolute atomic E-state index is 13.0. The third-order valence-electron chi connectivity index (χ3n) is 8.08. The number of aryl methyl sites for hydroxylation is 1. The molecule has 2 aliphatic heterocycles. The first-order chi connectivity index (χ1) is 21.9. The lowest BCUT2D eigenvalue weighted by Crippen LogP contribution is -2.45. The molecule has 1 aliphatic carbocycles. The standard InChI is InChI=1S/C30H32F3N9O3S/c1-20-6-7-22(18-41(20)25-8-12-40(13-9-25)46(44,45)28-10-11-39(2)38-28)23-15-27-34-17-26(42(27)36-16-23)21-4-3-5-24(14-21)37-29(43)35-19-30(31,32)33/h3-7,10-11,15-18,21,25H,1,8-9,12-14,19H2,2H3,(H2,35,37,43). The highest BCUT2D eigenvalue weighted by Crippen LogP contribution is 2.32. The maximum atomic E-state index is 13.0. The number of imidazole rings is 1. The van der Waals surface area contributed by atoms with Crippen LogP contribution >= 0.6 is 0 Å². The number of piperidine rings is 1. The van der Waals surface area contributed by atoms with Crippen molar-refractivity contribution in [3.63, 3.8) is 0 Å². The van der Waals surface area contributed by atoms with Crippen LogP contribution in [-0.2, 0) is 17.1 Å². The highest BCUT2D eigenvalue weighted by molar-refractivity contribution is 7.89. The summed E-state index contributed by atoms with van der Waals surface area (Å²) in [6, 6.07) is 2.55. The van der Waals surface area contributed by atoms with E-state index >= 15 is 0 Å². The van der Waals surface area contributed by atoms with E-state index in [0.717, 1.165) is 22.5 Å². The van der Waals surface area contributed by atoms with Gasteiger partial charge < -0.3 is 15.5 Å². The van der Waals surface area contributed by atoms with Gasteiger partial charge in [-0.25, -0.2) is 22.7 Å². The Morgan fingerprint density at radius 2 is 1.96 bits per heavy atom. The van der Waals surface area contributed by atoms with Crippen molar-refractivity contribution in [2.24, 2.45) is 7.05 Å². The molecule has 0 spiro atoms. The van der Waals surface area contributed by atoms with Crippen LogP contribution in [-0.4, -0.2) is 79.9 Å². The van der Waals surface area contributed by atoms with Crippen molar-refractivity contribution in [2.75, 3.05) is 19.6 Å². The fraction of sp³-hybridized carbons (Fsp3) is 0.333. The van der Waals surface area contributed by atoms with Gasteiger partial charge in [-0.2, -0.15) is 27.7 Å². The molecule has 0 bridgehead atoms. The van der Waals surface area contributed by atoms with Crippen molar-refractivity contribution in [1.29, 1.82) is 0 Å². The van der Waals surface area contributed by atoms with E-state index in [2.05, 4.69) is 32.0 Å². The van der Waals surface area contributed by atoms with E-state index in [1.54, 1.807) is 42.3 Å². The molecule has 16 heteroatoms. The van der Waals surface area contributed by atoms with Crippen LogP contribution < -0.4 is 10.6 Å². The minimum absolute atomic E-state index is 0.0475. The lowest BCUT2D eigenvalue weighted by atomic mass is 9.95. The summed E-state index contributed by atoms with van der Waals surface area (Å²) in [7, 11) is -1.98. The van der Waals surface area contributed by atoms with Gasteiger partial charge in [-0.3, -0.25) is 4.68 Å². The SMILES string of the molecule is C=C1C=CC(c2cnn3c(C4C=CC=C(NC(=O)NCC(F)(F)F)C4)cnc3c2)=CN1C1CCN(S(=O)(=O)c2ccn(C)n2)CC1. The number of hydrogen-bond acceptors (Lipinski definition) is 7. The molecule has 3 aromatic rings. The third-order valence-corrected chi connectivity index (χ3v) is 9.87. The lowest BCUT2D eigenvalue weighted by molar-refractivity contribution is -0.122. The van der Waals surface area contributed by atoms with Crippen molar-refractivity contribution in [1.82, 2.24) is 44.2 Å². The van der Waals surface area contributed by atoms with E-state index in [4.69, 9.17) is 0 Å². The Hall–Kier alpha value is -4.70. The minimum atomic E-state index is -4.50. The number of carbonyl (C=O) groups excluding carboxylic acids is 1. The molecule has 2 N–H and O–H groups in total. The third kappa shape index (κ3) is 6.62. The highest BCUT2D eigenvalue weighted by Gasteiger charge is 2.33. The highest BCUT2D eigenvalue weighted by atomic mass is 32.2. The molecule has 0 radical (unpaired) electrons. The Morgan fingerprint density at radius 3 is 2.67 bits per heavy atom. The summed E-state index contributed by atoms with van der Waals surface area (Å²) in [6.07, 6.45) is 13.3. The second-order valence-corrected chi connectivity index (χ2v) is 13.2. The number of nitrogens with one attached hydrogen (secondary N) is 2. The summed E-state index contributed by atoms with van der Waals surface area (Å²) < 4.78 is 68.0. The number of fused-ring (bicyclic) bond motifs is 1. The number of carbonyl (C=O) groups is 1. The van der Waals surface area contributed by atoms with Crippen molar-refractivity contribution in [2.45, 2.75) is 42.4 Å². The number of hydrogen-bond donors (Lipinski definition) is 2. The Morgan fingerprint density at radius 1 is 1.17 bits per heavy atom. The fourth-order valence-electron chi connectivity index (χ4n) is 5.73. The van der Waals surface area contributed by atoms with Crippen molar-refractivity contribution in [3.05, 3.63) is 96.5 Å². The molecule has 6 rings (SSSR count). The molecule has 12 nitrogen and oxygen atoms in total. The van der Waals surface area contributed by atoms with Gasteiger partial charge in [-0.05, 0) is 49.1 Å². The minimum Gasteiger partial charge on any atom is -0.345 e. The predicted molar refractivity (Wildman–Crippen MR) is 163 cm³/mol. The maximum Gasteiger partial charge on any atom is 0.405 e. The molecular formula is C30H32F3N9O3S. The molecule has 3 aromatic heterocycles. The van der Waals surface area contributed by atoms with Gasteiger partial charge >= 0.3 is 12.2 Å². The van der Waals surface area contributed by atoms with Crippen LogP contribution in [0.1, 0.15) is 36.4 Å². The number of aromatic nitrogens is 5. The van der Waals surface area contributed by atoms with Gasteiger partial charge in [0.05, 0.1) is 18.1 Å². The normalized spacial score (nSPS) is 19.8. The van der Waals surface area contributed by atoms with E-state index in [9.17, 15) is 26.4 Å². The molecule has 1 saturated heterocycles. The molecule has 0 saturated carbocycles. The number of sulfonamides is 1. The van der Waals surface area contributed by atoms with Crippen LogP contribution in [0.2, 0.25) is 0 Å². The number of rotatable bonds is 7. The number of alkyl halides is 3. The number of halogens is 3. The number of allylic oxidation sites excluding steroid dienone is 7. The van der Waals surface area contributed by atoms with Crippen LogP contribution in [0.25, 0.3) is 11.2 Å². The molecule has 1 atom stereocenters. The molecule has 0 aromatic carbocycles. The summed E-state index contributed by atoms with van der Waals surface area (Å²) in [5, 5.41) is 13.1. The van der Waals surface area contributed by atoms with Gasteiger partial charge in [-0.1, -0.05) is 24.8 Å². The summed E-state index contributed by atoms with van der Waals surface area (Å²) in [4.78, 5) is 18.6. The Bertz CT molecular complexity index is 1900. The van der Waals surface area contributed by atoms with Crippen molar-refractivity contribution in [3.8, 4) is 0 Å². The Kier molecular flexibility index (Phi) is 8.33. The lowest BCUT2D eigenvalue weighted by Gasteiger charge is -2.39. The monoisotopic (exact) mass is 655 g/mol. The number of nitrogens with zero attached hydrogens (tertiary/aromatic N) is 7. The van der Waals surface area contributed by atoms with E-state index in [1.165, 1.54) is 15.1 Å². The molecular weight excluding hydrogens is 623 g/mol. The van der Waals surface area contributed by atoms with Gasteiger partial charge in [0.1, 0.15) is 6.54 Å². The van der Waals surface area contributed by atoms with Gasteiger partial charge in [-0.15, -0.1) is 0 Å². The van der Waals surface area contributed by atoms with Crippen LogP contribution in [0.5, 0.6) is 0 Å². The molecule has 1 unspecified atom stereocenters. The van der Waals surface area contributed by atoms with E-state index in [1.807, 2.05) is 35.8 Å². The topological polar surface area (TPSA) is 130 Å². The quantitative estimate of drug-likeness (QED) is 0.396. The molecule has 5 heterocycles. The summed E-state index contributed by atoms with van der Waals surface area (Å²) >= 11 is 0. The van der Waals surface area contributed by atoms with Crippen molar-refractivity contribution >= 4 is 27.3 Å². The van der Waals surface area contributed by atoms with Gasteiger partial charge in [0.2, 0.25) is 0 Å². The van der Waals surface area contributed by atoms with Crippen molar-refractivity contribution < 1.29 is 26.4 Å². The second kappa shape index (κ2) is 12.2. The zero-order valence-electron chi connectivity index (χ0n) is 24.9. The number of urea groups is 1. The van der Waals surface area contributed by atoms with Crippen LogP contribution in [0.15, 0.2) is 90.3 Å². The molecule has 242 valence electrons.